The second kappa shape index (κ2) is 3.40. The molecule has 0 bridgehead atoms. The van der Waals surface area contributed by atoms with Gasteiger partial charge in [0, 0.05) is 12.0 Å². The van der Waals surface area contributed by atoms with Gasteiger partial charge in [0.2, 0.25) is 0 Å². The van der Waals surface area contributed by atoms with E-state index < -0.39 is 0 Å². The summed E-state index contributed by atoms with van der Waals surface area (Å²) in [6.45, 7) is 0.385. The highest BCUT2D eigenvalue weighted by Crippen LogP contribution is 2.46. The first-order valence-electron chi connectivity index (χ1n) is 5.73. The number of rotatable bonds is 3. The number of amides is 2. The monoisotopic (exact) mass is 231 g/mol. The first kappa shape index (κ1) is 10.5. The number of hydrogen-bond donors (Lipinski definition) is 1. The maximum atomic E-state index is 12.1. The summed E-state index contributed by atoms with van der Waals surface area (Å²) in [5.41, 5.74) is 0.727. The molecule has 0 unspecified atom stereocenters. The van der Waals surface area contributed by atoms with Crippen LogP contribution in [-0.4, -0.2) is 35.0 Å². The largest absolute Gasteiger partial charge is 0.396 e. The number of fused-ring (bicyclic) bond motifs is 1. The van der Waals surface area contributed by atoms with Crippen molar-refractivity contribution < 1.29 is 14.7 Å². The summed E-state index contributed by atoms with van der Waals surface area (Å²) >= 11 is 0. The Morgan fingerprint density at radius 2 is 1.65 bits per heavy atom. The highest BCUT2D eigenvalue weighted by molar-refractivity contribution is 6.21. The first-order valence-corrected chi connectivity index (χ1v) is 5.73. The molecule has 1 aliphatic carbocycles. The Morgan fingerprint density at radius 3 is 2.06 bits per heavy atom. The Kier molecular flexibility index (Phi) is 2.10. The van der Waals surface area contributed by atoms with Gasteiger partial charge in [-0.15, -0.1) is 0 Å². The normalized spacial score (nSPS) is 20.6. The number of carbonyl (C=O) groups excluding carboxylic acids is 2. The summed E-state index contributed by atoms with van der Waals surface area (Å²) in [6.07, 6.45) is 1.77. The molecule has 1 aromatic carbocycles. The maximum absolute atomic E-state index is 12.1. The van der Waals surface area contributed by atoms with Gasteiger partial charge in [0.25, 0.3) is 11.8 Å². The van der Waals surface area contributed by atoms with Crippen molar-refractivity contribution in [3.63, 3.8) is 0 Å². The van der Waals surface area contributed by atoms with Crippen molar-refractivity contribution in [2.45, 2.75) is 12.8 Å². The number of benzene rings is 1. The predicted molar refractivity (Wildman–Crippen MR) is 60.6 cm³/mol. The van der Waals surface area contributed by atoms with Crippen LogP contribution in [0.2, 0.25) is 0 Å². The van der Waals surface area contributed by atoms with Crippen molar-refractivity contribution in [3.05, 3.63) is 35.4 Å². The average Bonchev–Trinajstić information content (AvgIpc) is 3.10. The maximum Gasteiger partial charge on any atom is 0.261 e. The predicted octanol–water partition coefficient (Wildman–Crippen LogP) is 1.06. The molecule has 4 heteroatoms. The van der Waals surface area contributed by atoms with Crippen LogP contribution in [0.25, 0.3) is 0 Å². The third kappa shape index (κ3) is 1.48. The molecule has 1 N–H and O–H groups in total. The fourth-order valence-corrected chi connectivity index (χ4v) is 2.26. The summed E-state index contributed by atoms with van der Waals surface area (Å²) in [5, 5.41) is 9.26. The number of nitrogens with zero attached hydrogens (tertiary/aromatic N) is 1. The van der Waals surface area contributed by atoms with Crippen LogP contribution in [0.1, 0.15) is 33.6 Å². The molecule has 3 rings (SSSR count). The molecular weight excluding hydrogens is 218 g/mol. The Hall–Kier alpha value is -1.68. The van der Waals surface area contributed by atoms with E-state index in [0.717, 1.165) is 12.8 Å². The van der Waals surface area contributed by atoms with Gasteiger partial charge in [0.1, 0.15) is 0 Å². The van der Waals surface area contributed by atoms with Crippen molar-refractivity contribution in [3.8, 4) is 0 Å². The van der Waals surface area contributed by atoms with Crippen LogP contribution in [0.3, 0.4) is 0 Å². The molecule has 0 saturated heterocycles. The van der Waals surface area contributed by atoms with Gasteiger partial charge in [0.05, 0.1) is 17.7 Å². The standard InChI is InChI=1S/C13H13NO3/c15-8-13(5-6-13)7-14-11(16)9-3-1-2-4-10(9)12(14)17/h1-4,15H,5-8H2. The topological polar surface area (TPSA) is 57.6 Å². The van der Waals surface area contributed by atoms with Crippen LogP contribution < -0.4 is 0 Å². The number of imide groups is 1. The summed E-state index contributed by atoms with van der Waals surface area (Å²) in [6, 6.07) is 6.86. The third-order valence-corrected chi connectivity index (χ3v) is 3.66. The van der Waals surface area contributed by atoms with Gasteiger partial charge in [-0.05, 0) is 25.0 Å². The minimum atomic E-state index is -0.231. The van der Waals surface area contributed by atoms with Crippen LogP contribution >= 0.6 is 0 Å². The van der Waals surface area contributed by atoms with E-state index in [1.165, 1.54) is 4.90 Å². The third-order valence-electron chi connectivity index (χ3n) is 3.66. The minimum Gasteiger partial charge on any atom is -0.396 e. The highest BCUT2D eigenvalue weighted by Gasteiger charge is 2.47. The van der Waals surface area contributed by atoms with Crippen LogP contribution in [0.4, 0.5) is 0 Å². The van der Waals surface area contributed by atoms with Gasteiger partial charge in [-0.3, -0.25) is 14.5 Å². The van der Waals surface area contributed by atoms with Crippen LogP contribution in [0, 0.1) is 5.41 Å². The van der Waals surface area contributed by atoms with Gasteiger partial charge in [-0.2, -0.15) is 0 Å². The molecular formula is C13H13NO3. The number of hydrogen-bond acceptors (Lipinski definition) is 3. The fraction of sp³-hybridized carbons (Fsp3) is 0.385. The zero-order valence-electron chi connectivity index (χ0n) is 9.35. The lowest BCUT2D eigenvalue weighted by Crippen LogP contribution is -2.36. The molecule has 2 aliphatic rings. The Bertz CT molecular complexity index is 470. The van der Waals surface area contributed by atoms with Gasteiger partial charge in [-0.1, -0.05) is 12.1 Å². The molecule has 1 aromatic rings. The Balaban J connectivity index is 1.90. The number of carbonyl (C=O) groups is 2. The number of aliphatic hydroxyl groups is 1. The van der Waals surface area contributed by atoms with Crippen LogP contribution in [0.5, 0.6) is 0 Å². The molecule has 0 radical (unpaired) electrons. The van der Waals surface area contributed by atoms with E-state index in [1.807, 2.05) is 0 Å². The lowest BCUT2D eigenvalue weighted by atomic mass is 10.1. The van der Waals surface area contributed by atoms with E-state index in [4.69, 9.17) is 0 Å². The molecule has 0 atom stereocenters. The molecule has 1 fully saturated rings. The van der Waals surface area contributed by atoms with Crippen molar-refractivity contribution in [1.29, 1.82) is 0 Å². The highest BCUT2D eigenvalue weighted by atomic mass is 16.3. The molecule has 88 valence electrons. The lowest BCUT2D eigenvalue weighted by Gasteiger charge is -2.19. The van der Waals surface area contributed by atoms with E-state index in [2.05, 4.69) is 0 Å². The summed E-state index contributed by atoms with van der Waals surface area (Å²) in [4.78, 5) is 25.4. The molecule has 17 heavy (non-hydrogen) atoms. The van der Waals surface area contributed by atoms with Crippen molar-refractivity contribution in [2.24, 2.45) is 5.41 Å². The summed E-state index contributed by atoms with van der Waals surface area (Å²) in [7, 11) is 0. The zero-order chi connectivity index (χ0) is 12.0. The van der Waals surface area contributed by atoms with E-state index in [-0.39, 0.29) is 23.8 Å². The average molecular weight is 231 g/mol. The molecule has 1 heterocycles. The summed E-state index contributed by atoms with van der Waals surface area (Å²) < 4.78 is 0. The smallest absolute Gasteiger partial charge is 0.261 e. The molecule has 2 amide bonds. The SMILES string of the molecule is O=C1c2ccccc2C(=O)N1CC1(CO)CC1. The number of aliphatic hydroxyl groups excluding tert-OH is 1. The molecule has 4 nitrogen and oxygen atoms in total. The fourth-order valence-electron chi connectivity index (χ4n) is 2.26. The Labute approximate surface area is 98.9 Å². The van der Waals surface area contributed by atoms with Crippen LogP contribution in [-0.2, 0) is 0 Å². The molecule has 0 spiro atoms. The van der Waals surface area contributed by atoms with E-state index in [9.17, 15) is 14.7 Å². The molecule has 1 aliphatic heterocycles. The van der Waals surface area contributed by atoms with Crippen LogP contribution in [0.15, 0.2) is 24.3 Å². The van der Waals surface area contributed by atoms with E-state index in [0.29, 0.717) is 17.7 Å². The molecule has 0 aromatic heterocycles. The van der Waals surface area contributed by atoms with E-state index >= 15 is 0 Å². The van der Waals surface area contributed by atoms with Crippen molar-refractivity contribution in [1.82, 2.24) is 4.90 Å². The second-order valence-corrected chi connectivity index (χ2v) is 4.90. The zero-order valence-corrected chi connectivity index (χ0v) is 9.35. The quantitative estimate of drug-likeness (QED) is 0.791. The van der Waals surface area contributed by atoms with Gasteiger partial charge >= 0.3 is 0 Å². The van der Waals surface area contributed by atoms with Crippen molar-refractivity contribution in [2.75, 3.05) is 13.2 Å². The second-order valence-electron chi connectivity index (χ2n) is 4.90. The Morgan fingerprint density at radius 1 is 1.12 bits per heavy atom. The van der Waals surface area contributed by atoms with Gasteiger partial charge < -0.3 is 5.11 Å². The van der Waals surface area contributed by atoms with E-state index in [1.54, 1.807) is 24.3 Å². The lowest BCUT2D eigenvalue weighted by molar-refractivity contribution is 0.0591. The van der Waals surface area contributed by atoms with Gasteiger partial charge in [-0.25, -0.2) is 0 Å². The molecule has 1 saturated carbocycles. The summed E-state index contributed by atoms with van der Waals surface area (Å²) in [5.74, 6) is -0.462. The first-order chi connectivity index (χ1) is 8.17. The van der Waals surface area contributed by atoms with Gasteiger partial charge in [0.15, 0.2) is 0 Å². The minimum absolute atomic E-state index is 0.0421. The van der Waals surface area contributed by atoms with Crippen molar-refractivity contribution >= 4 is 11.8 Å².